The number of nitrogens with one attached hydrogen (secondary N) is 1. The lowest BCUT2D eigenvalue weighted by molar-refractivity contribution is -0.125. The molecule has 3 aliphatic rings. The second-order valence-electron chi connectivity index (χ2n) is 9.36. The van der Waals surface area contributed by atoms with Gasteiger partial charge in [0.05, 0.1) is 6.67 Å². The summed E-state index contributed by atoms with van der Waals surface area (Å²) in [4.78, 5) is 18.0. The van der Waals surface area contributed by atoms with Crippen LogP contribution in [0.3, 0.4) is 0 Å². The van der Waals surface area contributed by atoms with Crippen molar-refractivity contribution < 1.29 is 4.79 Å². The highest BCUT2D eigenvalue weighted by Gasteiger charge is 2.51. The third-order valence-electron chi connectivity index (χ3n) is 7.73. The van der Waals surface area contributed by atoms with Crippen LogP contribution < -0.4 is 10.2 Å². The van der Waals surface area contributed by atoms with E-state index in [1.807, 2.05) is 6.07 Å². The van der Waals surface area contributed by atoms with E-state index in [2.05, 4.69) is 70.6 Å². The number of rotatable bonds is 3. The Bertz CT molecular complexity index is 871. The topological polar surface area (TPSA) is 35.6 Å². The normalized spacial score (nSPS) is 26.7. The van der Waals surface area contributed by atoms with E-state index >= 15 is 0 Å². The summed E-state index contributed by atoms with van der Waals surface area (Å²) < 4.78 is 0. The number of anilines is 1. The van der Waals surface area contributed by atoms with Crippen molar-refractivity contribution in [2.45, 2.75) is 62.9 Å². The predicted molar refractivity (Wildman–Crippen MR) is 122 cm³/mol. The largest absolute Gasteiger partial charge is 0.339 e. The first-order valence-electron chi connectivity index (χ1n) is 11.6. The fourth-order valence-electron chi connectivity index (χ4n) is 6.01. The second-order valence-corrected chi connectivity index (χ2v) is 9.36. The molecule has 1 N–H and O–H groups in total. The van der Waals surface area contributed by atoms with Crippen molar-refractivity contribution in [3.63, 3.8) is 0 Å². The molecule has 0 bridgehead atoms. The smallest absolute Gasteiger partial charge is 0.247 e. The summed E-state index contributed by atoms with van der Waals surface area (Å²) in [6.45, 7) is 4.79. The Balaban J connectivity index is 1.34. The number of para-hydroxylation sites is 1. The van der Waals surface area contributed by atoms with Gasteiger partial charge in [-0.2, -0.15) is 0 Å². The van der Waals surface area contributed by atoms with Gasteiger partial charge in [-0.15, -0.1) is 0 Å². The monoisotopic (exact) mass is 403 g/mol. The summed E-state index contributed by atoms with van der Waals surface area (Å²) >= 11 is 0. The molecular weight excluding hydrogens is 370 g/mol. The molecule has 1 aliphatic carbocycles. The van der Waals surface area contributed by atoms with Crippen molar-refractivity contribution in [1.29, 1.82) is 0 Å². The number of carbonyl (C=O) groups is 1. The fraction of sp³-hybridized carbons (Fsp3) is 0.500. The van der Waals surface area contributed by atoms with Crippen LogP contribution >= 0.6 is 0 Å². The average Bonchev–Trinajstić information content (AvgIpc) is 3.11. The Morgan fingerprint density at radius 2 is 1.63 bits per heavy atom. The maximum absolute atomic E-state index is 13.0. The molecule has 3 fully saturated rings. The highest BCUT2D eigenvalue weighted by molar-refractivity contribution is 5.93. The molecule has 0 radical (unpaired) electrons. The predicted octanol–water partition coefficient (Wildman–Crippen LogP) is 4.45. The number of piperidine rings is 1. The van der Waals surface area contributed by atoms with Crippen LogP contribution in [0.4, 0.5) is 5.69 Å². The van der Waals surface area contributed by atoms with E-state index in [9.17, 15) is 4.79 Å². The first kappa shape index (κ1) is 19.6. The Kier molecular flexibility index (Phi) is 5.28. The van der Waals surface area contributed by atoms with Crippen LogP contribution in [-0.4, -0.2) is 42.1 Å². The Hall–Kier alpha value is -2.33. The summed E-state index contributed by atoms with van der Waals surface area (Å²) in [6.07, 6.45) is 7.03. The van der Waals surface area contributed by atoms with Crippen molar-refractivity contribution in [3.8, 4) is 0 Å². The van der Waals surface area contributed by atoms with Gasteiger partial charge < -0.3 is 10.2 Å². The maximum Gasteiger partial charge on any atom is 0.247 e. The van der Waals surface area contributed by atoms with Gasteiger partial charge in [-0.25, -0.2) is 0 Å². The number of amides is 1. The van der Waals surface area contributed by atoms with Crippen molar-refractivity contribution in [3.05, 3.63) is 65.7 Å². The lowest BCUT2D eigenvalue weighted by atomic mass is 9.77. The van der Waals surface area contributed by atoms with Crippen LogP contribution in [0.2, 0.25) is 0 Å². The number of carbonyl (C=O) groups excluding carboxylic acids is 1. The van der Waals surface area contributed by atoms with Gasteiger partial charge in [-0.3, -0.25) is 9.69 Å². The Morgan fingerprint density at radius 1 is 0.933 bits per heavy atom. The minimum atomic E-state index is -0.383. The molecule has 2 saturated heterocycles. The lowest BCUT2D eigenvalue weighted by Crippen LogP contribution is -2.58. The van der Waals surface area contributed by atoms with Crippen LogP contribution in [0.5, 0.6) is 0 Å². The zero-order valence-corrected chi connectivity index (χ0v) is 18.0. The third-order valence-corrected chi connectivity index (χ3v) is 7.73. The quantitative estimate of drug-likeness (QED) is 0.822. The number of likely N-dealkylation sites (tertiary alicyclic amines) is 1. The van der Waals surface area contributed by atoms with E-state index in [4.69, 9.17) is 0 Å². The Morgan fingerprint density at radius 3 is 2.37 bits per heavy atom. The molecule has 2 aromatic carbocycles. The van der Waals surface area contributed by atoms with Gasteiger partial charge in [-0.05, 0) is 56.2 Å². The van der Waals surface area contributed by atoms with Gasteiger partial charge in [0.15, 0.2) is 0 Å². The number of aryl methyl sites for hydroxylation is 1. The van der Waals surface area contributed by atoms with E-state index in [1.165, 1.54) is 36.8 Å². The summed E-state index contributed by atoms with van der Waals surface area (Å²) in [5.74, 6) is 0.834. The van der Waals surface area contributed by atoms with Crippen molar-refractivity contribution >= 4 is 11.6 Å². The maximum atomic E-state index is 13.0. The van der Waals surface area contributed by atoms with Gasteiger partial charge in [0.25, 0.3) is 0 Å². The highest BCUT2D eigenvalue weighted by Crippen LogP contribution is 2.41. The zero-order valence-electron chi connectivity index (χ0n) is 18.0. The first-order chi connectivity index (χ1) is 14.7. The number of hydrogen-bond acceptors (Lipinski definition) is 3. The third kappa shape index (κ3) is 3.41. The molecule has 1 amide bonds. The van der Waals surface area contributed by atoms with E-state index < -0.39 is 0 Å². The molecular formula is C26H33N3O. The summed E-state index contributed by atoms with van der Waals surface area (Å²) in [5.41, 5.74) is 3.60. The van der Waals surface area contributed by atoms with Crippen LogP contribution in [0.25, 0.3) is 0 Å². The second kappa shape index (κ2) is 8.07. The van der Waals surface area contributed by atoms with Crippen LogP contribution in [0, 0.1) is 6.92 Å². The molecule has 2 atom stereocenters. The van der Waals surface area contributed by atoms with Gasteiger partial charge in [0.1, 0.15) is 5.54 Å². The number of hydrogen-bond donors (Lipinski definition) is 1. The van der Waals surface area contributed by atoms with Crippen LogP contribution in [-0.2, 0) is 4.79 Å². The molecule has 1 saturated carbocycles. The van der Waals surface area contributed by atoms with Gasteiger partial charge in [0, 0.05) is 24.8 Å². The van der Waals surface area contributed by atoms with E-state index in [0.717, 1.165) is 31.6 Å². The van der Waals surface area contributed by atoms with Gasteiger partial charge in [0.2, 0.25) is 5.91 Å². The van der Waals surface area contributed by atoms with E-state index in [0.29, 0.717) is 18.6 Å². The minimum Gasteiger partial charge on any atom is -0.339 e. The fourth-order valence-corrected chi connectivity index (χ4v) is 6.01. The van der Waals surface area contributed by atoms with Crippen LogP contribution in [0.15, 0.2) is 54.6 Å². The molecule has 4 nitrogen and oxygen atoms in total. The molecule has 158 valence electrons. The lowest BCUT2D eigenvalue weighted by Gasteiger charge is -2.48. The molecule has 1 spiro atoms. The van der Waals surface area contributed by atoms with Crippen molar-refractivity contribution in [1.82, 2.24) is 10.2 Å². The number of benzene rings is 2. The van der Waals surface area contributed by atoms with E-state index in [-0.39, 0.29) is 11.4 Å². The summed E-state index contributed by atoms with van der Waals surface area (Å²) in [6, 6.07) is 20.2. The first-order valence-corrected chi connectivity index (χ1v) is 11.6. The van der Waals surface area contributed by atoms with Crippen LogP contribution in [0.1, 0.15) is 55.6 Å². The van der Waals surface area contributed by atoms with Gasteiger partial charge >= 0.3 is 0 Å². The molecule has 0 aromatic heterocycles. The van der Waals surface area contributed by atoms with Crippen molar-refractivity contribution in [2.75, 3.05) is 24.7 Å². The average molecular weight is 404 g/mol. The highest BCUT2D eigenvalue weighted by atomic mass is 16.2. The van der Waals surface area contributed by atoms with E-state index in [1.54, 1.807) is 0 Å². The SMILES string of the molecule is Cc1ccc([C@@H]2CCCC[C@@H]2N2CCC3(CC2)C(=O)NCN3c2ccccc2)cc1. The standard InChI is InChI=1S/C26H33N3O/c1-20-11-13-21(14-12-20)23-9-5-6-10-24(23)28-17-15-26(16-18-28)25(30)27-19-29(26)22-7-3-2-4-8-22/h2-4,7-8,11-14,23-24H,5-6,9-10,15-19H2,1H3,(H,27,30)/t23-,24-/m0/s1. The zero-order chi connectivity index (χ0) is 20.6. The summed E-state index contributed by atoms with van der Waals surface area (Å²) in [5, 5.41) is 3.13. The minimum absolute atomic E-state index is 0.213. The molecule has 30 heavy (non-hydrogen) atoms. The summed E-state index contributed by atoms with van der Waals surface area (Å²) in [7, 11) is 0. The Labute approximate surface area is 180 Å². The molecule has 2 heterocycles. The number of nitrogens with zero attached hydrogens (tertiary/aromatic N) is 2. The molecule has 2 aliphatic heterocycles. The molecule has 0 unspecified atom stereocenters. The molecule has 4 heteroatoms. The molecule has 5 rings (SSSR count). The van der Waals surface area contributed by atoms with Crippen molar-refractivity contribution in [2.24, 2.45) is 0 Å². The van der Waals surface area contributed by atoms with Gasteiger partial charge in [-0.1, -0.05) is 60.9 Å². The molecule has 2 aromatic rings.